The lowest BCUT2D eigenvalue weighted by atomic mass is 9.75. The van der Waals surface area contributed by atoms with E-state index < -0.39 is 0 Å². The van der Waals surface area contributed by atoms with Crippen LogP contribution >= 0.6 is 11.6 Å². The highest BCUT2D eigenvalue weighted by Crippen LogP contribution is 2.46. The monoisotopic (exact) mass is 336 g/mol. The Bertz CT molecular complexity index is 971. The Morgan fingerprint density at radius 3 is 2.79 bits per heavy atom. The maximum Gasteiger partial charge on any atom is 0.0844 e. The molecule has 3 heteroatoms. The normalized spacial score (nSPS) is 23.0. The molecule has 0 radical (unpaired) electrons. The molecule has 3 heterocycles. The van der Waals surface area contributed by atoms with E-state index in [0.29, 0.717) is 0 Å². The topological polar surface area (TPSA) is 19.0 Å². The average Bonchev–Trinajstić information content (AvgIpc) is 2.93. The summed E-state index contributed by atoms with van der Waals surface area (Å²) in [7, 11) is 0. The zero-order valence-electron chi connectivity index (χ0n) is 14.1. The molecule has 122 valence electrons. The lowest BCUT2D eigenvalue weighted by Crippen LogP contribution is -2.53. The molecule has 0 spiro atoms. The summed E-state index contributed by atoms with van der Waals surface area (Å²) in [4.78, 5) is 6.40. The van der Waals surface area contributed by atoms with Crippen molar-refractivity contribution in [2.75, 3.05) is 13.1 Å². The van der Waals surface area contributed by atoms with Crippen LogP contribution in [0.15, 0.2) is 36.4 Å². The van der Waals surface area contributed by atoms with Crippen molar-refractivity contribution in [1.29, 1.82) is 0 Å². The Kier molecular flexibility index (Phi) is 2.96. The maximum atomic E-state index is 6.26. The minimum absolute atomic E-state index is 0.0846. The first kappa shape index (κ1) is 14.6. The van der Waals surface area contributed by atoms with Gasteiger partial charge in [0.15, 0.2) is 0 Å². The highest BCUT2D eigenvalue weighted by atomic mass is 35.5. The number of nitrogens with zero attached hydrogens (tertiary/aromatic N) is 1. The van der Waals surface area contributed by atoms with Crippen molar-refractivity contribution in [3.8, 4) is 0 Å². The van der Waals surface area contributed by atoms with E-state index in [1.165, 1.54) is 38.9 Å². The number of aryl methyl sites for hydroxylation is 1. The summed E-state index contributed by atoms with van der Waals surface area (Å²) in [6.07, 6.45) is 2.21. The largest absolute Gasteiger partial charge is 0.356 e. The van der Waals surface area contributed by atoms with Gasteiger partial charge in [0, 0.05) is 34.7 Å². The molecular formula is C21H21ClN2. The molecule has 0 aliphatic carbocycles. The summed E-state index contributed by atoms with van der Waals surface area (Å²) in [5, 5.41) is 2.24. The van der Waals surface area contributed by atoms with E-state index in [1.807, 2.05) is 6.07 Å². The molecule has 0 saturated heterocycles. The molecule has 2 aromatic carbocycles. The van der Waals surface area contributed by atoms with Crippen LogP contribution in [0, 0.1) is 6.92 Å². The van der Waals surface area contributed by atoms with E-state index >= 15 is 0 Å². The van der Waals surface area contributed by atoms with E-state index in [2.05, 4.69) is 54.1 Å². The van der Waals surface area contributed by atoms with Gasteiger partial charge in [-0.25, -0.2) is 0 Å². The van der Waals surface area contributed by atoms with Crippen LogP contribution < -0.4 is 0 Å². The molecule has 2 aliphatic rings. The first-order valence-corrected chi connectivity index (χ1v) is 9.11. The van der Waals surface area contributed by atoms with Gasteiger partial charge in [-0.3, -0.25) is 4.90 Å². The van der Waals surface area contributed by atoms with Crippen LogP contribution in [0.4, 0.5) is 0 Å². The highest BCUT2D eigenvalue weighted by Gasteiger charge is 2.45. The van der Waals surface area contributed by atoms with Crippen LogP contribution in [0.1, 0.15) is 34.9 Å². The second-order valence-corrected chi connectivity index (χ2v) is 7.82. The third kappa shape index (κ3) is 1.81. The summed E-state index contributed by atoms with van der Waals surface area (Å²) in [5.41, 5.74) is 8.17. The summed E-state index contributed by atoms with van der Waals surface area (Å²) in [5.74, 6) is 0. The molecule has 5 rings (SSSR count). The fourth-order valence-electron chi connectivity index (χ4n) is 4.81. The molecule has 1 aromatic heterocycles. The fraction of sp³-hybridized carbons (Fsp3) is 0.333. The lowest BCUT2D eigenvalue weighted by Gasteiger charge is -2.49. The molecule has 0 saturated carbocycles. The van der Waals surface area contributed by atoms with Crippen molar-refractivity contribution in [2.45, 2.75) is 32.2 Å². The number of aromatic amines is 1. The zero-order valence-corrected chi connectivity index (χ0v) is 14.9. The summed E-state index contributed by atoms with van der Waals surface area (Å²) in [6, 6.07) is 13.2. The number of H-pyrrole nitrogens is 1. The number of halogens is 1. The van der Waals surface area contributed by atoms with Crippen molar-refractivity contribution in [2.24, 2.45) is 0 Å². The molecule has 3 aromatic rings. The van der Waals surface area contributed by atoms with E-state index in [1.54, 1.807) is 0 Å². The van der Waals surface area contributed by atoms with Gasteiger partial charge in [0.2, 0.25) is 0 Å². The minimum Gasteiger partial charge on any atom is -0.356 e. The molecule has 1 unspecified atom stereocenters. The predicted molar refractivity (Wildman–Crippen MR) is 99.9 cm³/mol. The molecule has 0 amide bonds. The summed E-state index contributed by atoms with van der Waals surface area (Å²) >= 11 is 6.26. The zero-order chi connectivity index (χ0) is 16.5. The number of nitrogens with one attached hydrogen (secondary N) is 1. The third-order valence-corrected chi connectivity index (χ3v) is 6.29. The van der Waals surface area contributed by atoms with Crippen LogP contribution in [0.5, 0.6) is 0 Å². The van der Waals surface area contributed by atoms with Gasteiger partial charge < -0.3 is 4.98 Å². The second-order valence-electron chi connectivity index (χ2n) is 7.39. The first-order chi connectivity index (χ1) is 11.6. The van der Waals surface area contributed by atoms with Gasteiger partial charge >= 0.3 is 0 Å². The maximum absolute atomic E-state index is 6.26. The van der Waals surface area contributed by atoms with Gasteiger partial charge in [0.05, 0.1) is 5.54 Å². The molecule has 0 fully saturated rings. The Morgan fingerprint density at radius 2 is 1.92 bits per heavy atom. The van der Waals surface area contributed by atoms with E-state index in [-0.39, 0.29) is 5.54 Å². The van der Waals surface area contributed by atoms with Gasteiger partial charge in [0.25, 0.3) is 0 Å². The average molecular weight is 337 g/mol. The Morgan fingerprint density at radius 1 is 1.08 bits per heavy atom. The number of benzene rings is 2. The molecule has 24 heavy (non-hydrogen) atoms. The van der Waals surface area contributed by atoms with Gasteiger partial charge in [-0.05, 0) is 67.6 Å². The Balaban J connectivity index is 1.81. The molecule has 1 N–H and O–H groups in total. The van der Waals surface area contributed by atoms with Crippen LogP contribution in [0.2, 0.25) is 5.02 Å². The van der Waals surface area contributed by atoms with Crippen LogP contribution in [-0.2, 0) is 18.4 Å². The van der Waals surface area contributed by atoms with Crippen molar-refractivity contribution in [1.82, 2.24) is 9.88 Å². The van der Waals surface area contributed by atoms with Crippen LogP contribution in [-0.4, -0.2) is 23.0 Å². The first-order valence-electron chi connectivity index (χ1n) is 8.73. The number of fused-ring (bicyclic) bond motifs is 7. The predicted octanol–water partition coefficient (Wildman–Crippen LogP) is 4.81. The summed E-state index contributed by atoms with van der Waals surface area (Å²) in [6.45, 7) is 6.76. The number of hydrogen-bond donors (Lipinski definition) is 1. The van der Waals surface area contributed by atoms with Crippen molar-refractivity contribution < 1.29 is 0 Å². The Labute approximate surface area is 147 Å². The Hall–Kier alpha value is -1.77. The quantitative estimate of drug-likeness (QED) is 0.624. The van der Waals surface area contributed by atoms with Gasteiger partial charge in [-0.1, -0.05) is 29.3 Å². The van der Waals surface area contributed by atoms with Gasteiger partial charge in [-0.2, -0.15) is 0 Å². The smallest absolute Gasteiger partial charge is 0.0844 e. The van der Waals surface area contributed by atoms with Crippen molar-refractivity contribution >= 4 is 22.5 Å². The van der Waals surface area contributed by atoms with Crippen molar-refractivity contribution in [3.63, 3.8) is 0 Å². The van der Waals surface area contributed by atoms with Gasteiger partial charge in [0.1, 0.15) is 0 Å². The van der Waals surface area contributed by atoms with Crippen LogP contribution in [0.3, 0.4) is 0 Å². The van der Waals surface area contributed by atoms with Gasteiger partial charge in [-0.15, -0.1) is 0 Å². The number of hydrogen-bond acceptors (Lipinski definition) is 1. The molecule has 2 aliphatic heterocycles. The van der Waals surface area contributed by atoms with E-state index in [0.717, 1.165) is 31.0 Å². The van der Waals surface area contributed by atoms with Crippen molar-refractivity contribution in [3.05, 3.63) is 69.4 Å². The lowest BCUT2D eigenvalue weighted by molar-refractivity contribution is 0.112. The van der Waals surface area contributed by atoms with E-state index in [9.17, 15) is 0 Å². The number of aromatic nitrogens is 1. The minimum atomic E-state index is -0.0846. The van der Waals surface area contributed by atoms with E-state index in [4.69, 9.17) is 11.6 Å². The third-order valence-electron chi connectivity index (χ3n) is 6.06. The fourth-order valence-corrected chi connectivity index (χ4v) is 5.00. The van der Waals surface area contributed by atoms with Crippen LogP contribution in [0.25, 0.3) is 10.9 Å². The standard InChI is InChI=1S/C21H21ClN2/c1-13-3-6-19-17(11-13)16-8-10-24-9-7-14-12-15(22)4-5-18(14)21(24,2)20(16)23-19/h3-6,11-12,23H,7-10H2,1-2H3. The highest BCUT2D eigenvalue weighted by molar-refractivity contribution is 6.30. The number of rotatable bonds is 0. The molecule has 2 nitrogen and oxygen atoms in total. The molecule has 1 atom stereocenters. The molecular weight excluding hydrogens is 316 g/mol. The second kappa shape index (κ2) is 4.87. The summed E-state index contributed by atoms with van der Waals surface area (Å²) < 4.78 is 0. The SMILES string of the molecule is Cc1ccc2[nH]c3c(c2c1)CCN1CCc2cc(Cl)ccc2C31C. The molecule has 0 bridgehead atoms.